The maximum Gasteiger partial charge on any atom is 0.105 e. The molecule has 0 aliphatic rings. The maximum atomic E-state index is 9.77. The van der Waals surface area contributed by atoms with Crippen LogP contribution < -0.4 is 0 Å². The van der Waals surface area contributed by atoms with Gasteiger partial charge in [-0.25, -0.2) is 0 Å². The zero-order valence-electron chi connectivity index (χ0n) is 7.20. The van der Waals surface area contributed by atoms with E-state index in [-0.39, 0.29) is 0 Å². The molecule has 0 amide bonds. The molecule has 13 heavy (non-hydrogen) atoms. The Balaban J connectivity index is 3.01. The Labute approximate surface area is 86.5 Å². The third-order valence-corrected chi connectivity index (χ3v) is 2.54. The van der Waals surface area contributed by atoms with Crippen molar-refractivity contribution in [2.24, 2.45) is 0 Å². The molecule has 0 spiro atoms. The topological polar surface area (TPSA) is 20.2 Å². The van der Waals surface area contributed by atoms with Crippen LogP contribution in [0.25, 0.3) is 0 Å². The van der Waals surface area contributed by atoms with Gasteiger partial charge in [0.2, 0.25) is 0 Å². The molecule has 0 saturated carbocycles. The molecular formula is C11H11BrO. The summed E-state index contributed by atoms with van der Waals surface area (Å²) in [5, 5.41) is 9.77. The van der Waals surface area contributed by atoms with Crippen molar-refractivity contribution in [2.75, 3.05) is 0 Å². The van der Waals surface area contributed by atoms with E-state index in [2.05, 4.69) is 29.1 Å². The lowest BCUT2D eigenvalue weighted by atomic mass is 10.0. The predicted molar refractivity (Wildman–Crippen MR) is 58.4 cm³/mol. The lowest BCUT2D eigenvalue weighted by Crippen LogP contribution is -1.99. The fraction of sp³-hybridized carbons (Fsp3) is 0.0909. The SMILES string of the molecule is C=CC(=C)[C@H](O)c1ccccc1Br. The van der Waals surface area contributed by atoms with E-state index >= 15 is 0 Å². The highest BCUT2D eigenvalue weighted by molar-refractivity contribution is 9.10. The molecule has 0 aliphatic heterocycles. The third-order valence-electron chi connectivity index (χ3n) is 1.81. The van der Waals surface area contributed by atoms with E-state index in [1.165, 1.54) is 0 Å². The highest BCUT2D eigenvalue weighted by Crippen LogP contribution is 2.27. The first-order valence-corrected chi connectivity index (χ1v) is 4.70. The van der Waals surface area contributed by atoms with Crippen LogP contribution in [-0.2, 0) is 0 Å². The van der Waals surface area contributed by atoms with Crippen LogP contribution in [0.3, 0.4) is 0 Å². The molecule has 1 rings (SSSR count). The van der Waals surface area contributed by atoms with E-state index in [4.69, 9.17) is 0 Å². The van der Waals surface area contributed by atoms with Crippen molar-refractivity contribution < 1.29 is 5.11 Å². The number of hydrogen-bond acceptors (Lipinski definition) is 1. The Morgan fingerprint density at radius 1 is 1.46 bits per heavy atom. The van der Waals surface area contributed by atoms with Gasteiger partial charge in [0.25, 0.3) is 0 Å². The van der Waals surface area contributed by atoms with E-state index in [9.17, 15) is 5.11 Å². The monoisotopic (exact) mass is 238 g/mol. The Bertz CT molecular complexity index is 331. The Kier molecular flexibility index (Phi) is 3.46. The van der Waals surface area contributed by atoms with E-state index in [0.29, 0.717) is 5.57 Å². The van der Waals surface area contributed by atoms with Gasteiger partial charge in [0.05, 0.1) is 0 Å². The van der Waals surface area contributed by atoms with Gasteiger partial charge >= 0.3 is 0 Å². The molecular weight excluding hydrogens is 228 g/mol. The molecule has 1 aromatic rings. The molecule has 0 fully saturated rings. The van der Waals surface area contributed by atoms with Gasteiger partial charge in [0, 0.05) is 4.47 Å². The van der Waals surface area contributed by atoms with Crippen LogP contribution in [0.5, 0.6) is 0 Å². The second-order valence-electron chi connectivity index (χ2n) is 2.70. The minimum Gasteiger partial charge on any atom is -0.384 e. The largest absolute Gasteiger partial charge is 0.384 e. The van der Waals surface area contributed by atoms with E-state index in [1.807, 2.05) is 24.3 Å². The van der Waals surface area contributed by atoms with Gasteiger partial charge in [-0.1, -0.05) is 53.4 Å². The first-order chi connectivity index (χ1) is 6.16. The molecule has 1 nitrogen and oxygen atoms in total. The van der Waals surface area contributed by atoms with Crippen LogP contribution in [0.4, 0.5) is 0 Å². The summed E-state index contributed by atoms with van der Waals surface area (Å²) in [7, 11) is 0. The minimum atomic E-state index is -0.673. The average Bonchev–Trinajstić information content (AvgIpc) is 2.16. The fourth-order valence-electron chi connectivity index (χ4n) is 1.01. The Morgan fingerprint density at radius 3 is 2.62 bits per heavy atom. The van der Waals surface area contributed by atoms with E-state index in [1.54, 1.807) is 6.08 Å². The van der Waals surface area contributed by atoms with Crippen LogP contribution in [0.15, 0.2) is 53.5 Å². The van der Waals surface area contributed by atoms with Crippen molar-refractivity contribution in [3.63, 3.8) is 0 Å². The second kappa shape index (κ2) is 4.40. The van der Waals surface area contributed by atoms with E-state index in [0.717, 1.165) is 10.0 Å². The van der Waals surface area contributed by atoms with Gasteiger partial charge in [-0.2, -0.15) is 0 Å². The molecule has 68 valence electrons. The van der Waals surface area contributed by atoms with Crippen molar-refractivity contribution in [2.45, 2.75) is 6.10 Å². The summed E-state index contributed by atoms with van der Waals surface area (Å²) in [4.78, 5) is 0. The number of rotatable bonds is 3. The van der Waals surface area contributed by atoms with Crippen LogP contribution in [0, 0.1) is 0 Å². The van der Waals surface area contributed by atoms with Crippen LogP contribution in [0.2, 0.25) is 0 Å². The van der Waals surface area contributed by atoms with Crippen molar-refractivity contribution in [3.8, 4) is 0 Å². The molecule has 2 heteroatoms. The van der Waals surface area contributed by atoms with E-state index < -0.39 is 6.10 Å². The highest BCUT2D eigenvalue weighted by atomic mass is 79.9. The lowest BCUT2D eigenvalue weighted by molar-refractivity contribution is 0.219. The molecule has 0 aliphatic carbocycles. The van der Waals surface area contributed by atoms with Crippen LogP contribution in [-0.4, -0.2) is 5.11 Å². The number of aliphatic hydroxyl groups excluding tert-OH is 1. The summed E-state index contributed by atoms with van der Waals surface area (Å²) in [6, 6.07) is 7.51. The normalized spacial score (nSPS) is 12.2. The maximum absolute atomic E-state index is 9.77. The summed E-state index contributed by atoms with van der Waals surface area (Å²) < 4.78 is 0.880. The lowest BCUT2D eigenvalue weighted by Gasteiger charge is -2.12. The smallest absolute Gasteiger partial charge is 0.105 e. The van der Waals surface area contributed by atoms with Gasteiger partial charge in [0.1, 0.15) is 6.10 Å². The predicted octanol–water partition coefficient (Wildman–Crippen LogP) is 3.22. The third kappa shape index (κ3) is 2.29. The Hall–Kier alpha value is -0.860. The van der Waals surface area contributed by atoms with Crippen molar-refractivity contribution in [1.29, 1.82) is 0 Å². The zero-order chi connectivity index (χ0) is 9.84. The van der Waals surface area contributed by atoms with Crippen molar-refractivity contribution in [1.82, 2.24) is 0 Å². The van der Waals surface area contributed by atoms with Gasteiger partial charge < -0.3 is 5.11 Å². The molecule has 0 saturated heterocycles. The van der Waals surface area contributed by atoms with Crippen LogP contribution >= 0.6 is 15.9 Å². The number of benzene rings is 1. The highest BCUT2D eigenvalue weighted by Gasteiger charge is 2.11. The molecule has 1 aromatic carbocycles. The average molecular weight is 239 g/mol. The van der Waals surface area contributed by atoms with Gasteiger partial charge in [-0.05, 0) is 17.2 Å². The quantitative estimate of drug-likeness (QED) is 0.803. The number of halogens is 1. The summed E-state index contributed by atoms with van der Waals surface area (Å²) in [6.07, 6.45) is 0.887. The number of aliphatic hydroxyl groups is 1. The zero-order valence-corrected chi connectivity index (χ0v) is 8.79. The first-order valence-electron chi connectivity index (χ1n) is 3.90. The van der Waals surface area contributed by atoms with Crippen molar-refractivity contribution >= 4 is 15.9 Å². The van der Waals surface area contributed by atoms with Crippen molar-refractivity contribution in [3.05, 3.63) is 59.1 Å². The molecule has 0 radical (unpaired) electrons. The second-order valence-corrected chi connectivity index (χ2v) is 3.56. The standard InChI is InChI=1S/C11H11BrO/c1-3-8(2)11(13)9-6-4-5-7-10(9)12/h3-7,11,13H,1-2H2/t11-/m0/s1. The first kappa shape index (κ1) is 10.2. The summed E-state index contributed by atoms with van der Waals surface area (Å²) >= 11 is 3.36. The van der Waals surface area contributed by atoms with Gasteiger partial charge in [-0.15, -0.1) is 0 Å². The molecule has 0 aromatic heterocycles. The summed E-state index contributed by atoms with van der Waals surface area (Å²) in [5.74, 6) is 0. The molecule has 1 atom stereocenters. The molecule has 0 unspecified atom stereocenters. The Morgan fingerprint density at radius 2 is 2.08 bits per heavy atom. The molecule has 0 bridgehead atoms. The van der Waals surface area contributed by atoms with Gasteiger partial charge in [0.15, 0.2) is 0 Å². The summed E-state index contributed by atoms with van der Waals surface area (Å²) in [5.41, 5.74) is 1.42. The summed E-state index contributed by atoms with van der Waals surface area (Å²) in [6.45, 7) is 7.26. The minimum absolute atomic E-state index is 0.604. The number of hydrogen-bond donors (Lipinski definition) is 1. The van der Waals surface area contributed by atoms with Crippen LogP contribution in [0.1, 0.15) is 11.7 Å². The fourth-order valence-corrected chi connectivity index (χ4v) is 1.51. The molecule has 0 heterocycles. The van der Waals surface area contributed by atoms with Gasteiger partial charge in [-0.3, -0.25) is 0 Å². The molecule has 1 N–H and O–H groups in total.